The van der Waals surface area contributed by atoms with Crippen LogP contribution in [0.4, 0.5) is 13.2 Å². The summed E-state index contributed by atoms with van der Waals surface area (Å²) < 4.78 is 48.6. The van der Waals surface area contributed by atoms with Crippen LogP contribution in [-0.4, -0.2) is 11.8 Å². The van der Waals surface area contributed by atoms with E-state index in [1.165, 1.54) is 12.1 Å². The molecule has 0 saturated carbocycles. The van der Waals surface area contributed by atoms with E-state index in [9.17, 15) is 13.2 Å². The molecule has 0 atom stereocenters. The number of ether oxygens (including phenoxy) is 2. The highest BCUT2D eigenvalue weighted by atomic mass is 19.4. The summed E-state index contributed by atoms with van der Waals surface area (Å²) in [5.74, 6) is 1.35. The largest absolute Gasteiger partial charge is 0.454 e. The highest BCUT2D eigenvalue weighted by Crippen LogP contribution is 2.37. The standard InChI is InChI=1S/C19H12F3NO2/c20-19(21,22)14-4-1-12(2-5-14)3-6-16-15-10-18-17(24-11-25-18)9-13(15)7-8-23-16/h1-10H,11H2/b6-3+. The van der Waals surface area contributed by atoms with Gasteiger partial charge in [0.2, 0.25) is 6.79 Å². The minimum absolute atomic E-state index is 0.190. The van der Waals surface area contributed by atoms with Crippen molar-refractivity contribution in [2.45, 2.75) is 6.18 Å². The minimum atomic E-state index is -4.33. The second-order valence-corrected chi connectivity index (χ2v) is 5.58. The maximum Gasteiger partial charge on any atom is 0.416 e. The Morgan fingerprint density at radius 3 is 2.36 bits per heavy atom. The number of halogens is 3. The number of aromatic nitrogens is 1. The maximum atomic E-state index is 12.6. The number of alkyl halides is 3. The molecule has 1 aromatic heterocycles. The van der Waals surface area contributed by atoms with Crippen molar-refractivity contribution in [2.75, 3.05) is 6.79 Å². The van der Waals surface area contributed by atoms with Crippen LogP contribution in [0.5, 0.6) is 11.5 Å². The lowest BCUT2D eigenvalue weighted by molar-refractivity contribution is -0.137. The quantitative estimate of drug-likeness (QED) is 0.645. The first-order valence-electron chi connectivity index (χ1n) is 7.54. The van der Waals surface area contributed by atoms with Gasteiger partial charge in [-0.15, -0.1) is 0 Å². The second kappa shape index (κ2) is 5.81. The molecule has 1 aliphatic heterocycles. The number of hydrogen-bond acceptors (Lipinski definition) is 3. The van der Waals surface area contributed by atoms with Crippen LogP contribution in [0.25, 0.3) is 22.9 Å². The molecule has 0 amide bonds. The summed E-state index contributed by atoms with van der Waals surface area (Å²) in [4.78, 5) is 4.34. The Hall–Kier alpha value is -3.02. The molecule has 2 aromatic carbocycles. The molecule has 0 unspecified atom stereocenters. The van der Waals surface area contributed by atoms with Gasteiger partial charge >= 0.3 is 6.18 Å². The molecule has 0 radical (unpaired) electrons. The predicted octanol–water partition coefficient (Wildman–Crippen LogP) is 5.15. The van der Waals surface area contributed by atoms with Crippen molar-refractivity contribution in [3.8, 4) is 11.5 Å². The third-order valence-electron chi connectivity index (χ3n) is 3.96. The molecule has 0 spiro atoms. The van der Waals surface area contributed by atoms with Crippen LogP contribution in [0.1, 0.15) is 16.8 Å². The van der Waals surface area contributed by atoms with Gasteiger partial charge in [-0.1, -0.05) is 18.2 Å². The molecule has 3 aromatic rings. The van der Waals surface area contributed by atoms with Crippen molar-refractivity contribution in [2.24, 2.45) is 0 Å². The van der Waals surface area contributed by atoms with Crippen LogP contribution in [0, 0.1) is 0 Å². The first kappa shape index (κ1) is 15.5. The zero-order chi connectivity index (χ0) is 17.4. The van der Waals surface area contributed by atoms with E-state index in [1.807, 2.05) is 18.2 Å². The highest BCUT2D eigenvalue weighted by molar-refractivity contribution is 5.93. The van der Waals surface area contributed by atoms with Gasteiger partial charge in [0.1, 0.15) is 0 Å². The molecule has 0 fully saturated rings. The van der Waals surface area contributed by atoms with Gasteiger partial charge in [0.05, 0.1) is 11.3 Å². The molecule has 3 nitrogen and oxygen atoms in total. The van der Waals surface area contributed by atoms with E-state index in [2.05, 4.69) is 4.98 Å². The van der Waals surface area contributed by atoms with Crippen molar-refractivity contribution in [3.05, 3.63) is 65.5 Å². The molecule has 6 heteroatoms. The molecule has 25 heavy (non-hydrogen) atoms. The van der Waals surface area contributed by atoms with Gasteiger partial charge in [0, 0.05) is 11.6 Å². The summed E-state index contributed by atoms with van der Waals surface area (Å²) in [6.45, 7) is 0.190. The smallest absolute Gasteiger partial charge is 0.416 e. The zero-order valence-corrected chi connectivity index (χ0v) is 12.9. The zero-order valence-electron chi connectivity index (χ0n) is 12.9. The average Bonchev–Trinajstić information content (AvgIpc) is 3.05. The lowest BCUT2D eigenvalue weighted by atomic mass is 10.1. The molecular formula is C19H12F3NO2. The fraction of sp³-hybridized carbons (Fsp3) is 0.105. The first-order chi connectivity index (χ1) is 12.0. The number of fused-ring (bicyclic) bond motifs is 2. The predicted molar refractivity (Wildman–Crippen MR) is 88.2 cm³/mol. The Morgan fingerprint density at radius 1 is 0.920 bits per heavy atom. The number of rotatable bonds is 2. The van der Waals surface area contributed by atoms with Crippen LogP contribution in [0.15, 0.2) is 48.7 Å². The lowest BCUT2D eigenvalue weighted by Crippen LogP contribution is -2.03. The van der Waals surface area contributed by atoms with Crippen LogP contribution < -0.4 is 9.47 Å². The summed E-state index contributed by atoms with van der Waals surface area (Å²) in [6, 6.07) is 10.6. The van der Waals surface area contributed by atoms with Crippen molar-refractivity contribution in [3.63, 3.8) is 0 Å². The third kappa shape index (κ3) is 3.03. The van der Waals surface area contributed by atoms with E-state index in [0.717, 1.165) is 22.9 Å². The Bertz CT molecular complexity index is 963. The number of nitrogens with zero attached hydrogens (tertiary/aromatic N) is 1. The SMILES string of the molecule is FC(F)(F)c1ccc(/C=C/c2nccc3cc4c(cc23)OCO4)cc1. The van der Waals surface area contributed by atoms with E-state index >= 15 is 0 Å². The fourth-order valence-electron chi connectivity index (χ4n) is 2.68. The van der Waals surface area contributed by atoms with Crippen LogP contribution in [-0.2, 0) is 6.18 Å². The van der Waals surface area contributed by atoms with Gasteiger partial charge in [-0.2, -0.15) is 13.2 Å². The van der Waals surface area contributed by atoms with E-state index < -0.39 is 11.7 Å². The summed E-state index contributed by atoms with van der Waals surface area (Å²) in [5, 5.41) is 1.83. The van der Waals surface area contributed by atoms with Gasteiger partial charge in [0.25, 0.3) is 0 Å². The fourth-order valence-corrected chi connectivity index (χ4v) is 2.68. The Morgan fingerprint density at radius 2 is 1.64 bits per heavy atom. The van der Waals surface area contributed by atoms with Gasteiger partial charge < -0.3 is 9.47 Å². The molecule has 126 valence electrons. The van der Waals surface area contributed by atoms with E-state index in [-0.39, 0.29) is 6.79 Å². The molecule has 0 bridgehead atoms. The van der Waals surface area contributed by atoms with Crippen LogP contribution >= 0.6 is 0 Å². The van der Waals surface area contributed by atoms with Crippen molar-refractivity contribution >= 4 is 22.9 Å². The second-order valence-electron chi connectivity index (χ2n) is 5.58. The van der Waals surface area contributed by atoms with Gasteiger partial charge in [-0.3, -0.25) is 4.98 Å². The number of hydrogen-bond donors (Lipinski definition) is 0. The average molecular weight is 343 g/mol. The molecule has 0 N–H and O–H groups in total. The summed E-state index contributed by atoms with van der Waals surface area (Å²) in [6.07, 6.45) is 0.846. The molecule has 0 aliphatic carbocycles. The third-order valence-corrected chi connectivity index (χ3v) is 3.96. The first-order valence-corrected chi connectivity index (χ1v) is 7.54. The Kier molecular flexibility index (Phi) is 3.60. The Balaban J connectivity index is 1.67. The number of benzene rings is 2. The molecule has 2 heterocycles. The molecule has 0 saturated heterocycles. The molecular weight excluding hydrogens is 331 g/mol. The summed E-state index contributed by atoms with van der Waals surface area (Å²) in [7, 11) is 0. The number of pyridine rings is 1. The monoisotopic (exact) mass is 343 g/mol. The normalized spacial score (nSPS) is 13.7. The van der Waals surface area contributed by atoms with Crippen LogP contribution in [0.3, 0.4) is 0 Å². The Labute approximate surface area is 141 Å². The summed E-state index contributed by atoms with van der Waals surface area (Å²) >= 11 is 0. The van der Waals surface area contributed by atoms with Gasteiger partial charge in [-0.25, -0.2) is 0 Å². The topological polar surface area (TPSA) is 31.4 Å². The molecule has 1 aliphatic rings. The van der Waals surface area contributed by atoms with Crippen molar-refractivity contribution < 1.29 is 22.6 Å². The van der Waals surface area contributed by atoms with Gasteiger partial charge in [-0.05, 0) is 47.4 Å². The van der Waals surface area contributed by atoms with Gasteiger partial charge in [0.15, 0.2) is 11.5 Å². The van der Waals surface area contributed by atoms with Crippen LogP contribution in [0.2, 0.25) is 0 Å². The van der Waals surface area contributed by atoms with E-state index in [0.29, 0.717) is 22.8 Å². The van der Waals surface area contributed by atoms with E-state index in [4.69, 9.17) is 9.47 Å². The maximum absolute atomic E-state index is 12.6. The lowest BCUT2D eigenvalue weighted by Gasteiger charge is -2.06. The van der Waals surface area contributed by atoms with Crippen molar-refractivity contribution in [1.82, 2.24) is 4.98 Å². The highest BCUT2D eigenvalue weighted by Gasteiger charge is 2.29. The molecule has 4 rings (SSSR count). The van der Waals surface area contributed by atoms with Crippen molar-refractivity contribution in [1.29, 1.82) is 0 Å². The minimum Gasteiger partial charge on any atom is -0.454 e. The van der Waals surface area contributed by atoms with E-state index in [1.54, 1.807) is 18.3 Å². The summed E-state index contributed by atoms with van der Waals surface area (Å²) in [5.41, 5.74) is 0.698.